The first kappa shape index (κ1) is 15.6. The zero-order chi connectivity index (χ0) is 15.5. The van der Waals surface area contributed by atoms with Gasteiger partial charge in [0.1, 0.15) is 11.6 Å². The summed E-state index contributed by atoms with van der Waals surface area (Å²) >= 11 is 3.24. The third-order valence-electron chi connectivity index (χ3n) is 2.59. The van der Waals surface area contributed by atoms with Crippen LogP contribution >= 0.6 is 15.9 Å². The normalized spacial score (nSPS) is 11.3. The standard InChI is InChI=1S/C14H10BrF4NO/c15-13-7-10(16)2-1-9(13)8-20-11-3-5-12(6-4-11)21-14(17,18)19/h1-7,20H,8H2. The van der Waals surface area contributed by atoms with Gasteiger partial charge in [-0.2, -0.15) is 0 Å². The molecule has 2 nitrogen and oxygen atoms in total. The molecule has 0 saturated carbocycles. The molecule has 0 aliphatic heterocycles. The largest absolute Gasteiger partial charge is 0.573 e. The maximum atomic E-state index is 12.9. The van der Waals surface area contributed by atoms with Crippen molar-refractivity contribution in [1.29, 1.82) is 0 Å². The summed E-state index contributed by atoms with van der Waals surface area (Å²) < 4.78 is 53.4. The fourth-order valence-corrected chi connectivity index (χ4v) is 2.13. The van der Waals surface area contributed by atoms with Crippen molar-refractivity contribution in [2.45, 2.75) is 12.9 Å². The molecule has 2 rings (SSSR count). The molecule has 1 N–H and O–H groups in total. The molecule has 21 heavy (non-hydrogen) atoms. The van der Waals surface area contributed by atoms with Crippen LogP contribution in [0.3, 0.4) is 0 Å². The van der Waals surface area contributed by atoms with E-state index in [0.717, 1.165) is 5.56 Å². The van der Waals surface area contributed by atoms with Gasteiger partial charge in [0, 0.05) is 16.7 Å². The molecule has 0 aliphatic carbocycles. The van der Waals surface area contributed by atoms with Crippen LogP contribution in [0.25, 0.3) is 0 Å². The molecule has 2 aromatic rings. The van der Waals surface area contributed by atoms with E-state index >= 15 is 0 Å². The smallest absolute Gasteiger partial charge is 0.406 e. The van der Waals surface area contributed by atoms with E-state index in [1.54, 1.807) is 6.07 Å². The van der Waals surface area contributed by atoms with Crippen LogP contribution in [0, 0.1) is 5.82 Å². The van der Waals surface area contributed by atoms with Gasteiger partial charge >= 0.3 is 6.36 Å². The van der Waals surface area contributed by atoms with Crippen molar-refractivity contribution < 1.29 is 22.3 Å². The summed E-state index contributed by atoms with van der Waals surface area (Å²) in [5.74, 6) is -0.629. The maximum Gasteiger partial charge on any atom is 0.573 e. The van der Waals surface area contributed by atoms with E-state index in [9.17, 15) is 17.6 Å². The molecule has 0 heterocycles. The molecule has 0 aromatic heterocycles. The number of anilines is 1. The van der Waals surface area contributed by atoms with Crippen LogP contribution in [0.15, 0.2) is 46.9 Å². The summed E-state index contributed by atoms with van der Waals surface area (Å²) in [7, 11) is 0. The molecular formula is C14H10BrF4NO. The predicted octanol–water partition coefficient (Wildman–Crippen LogP) is 5.10. The summed E-state index contributed by atoms with van der Waals surface area (Å²) in [5.41, 5.74) is 1.45. The Hall–Kier alpha value is -1.76. The Morgan fingerprint density at radius 1 is 1.05 bits per heavy atom. The summed E-state index contributed by atoms with van der Waals surface area (Å²) in [6, 6.07) is 9.68. The van der Waals surface area contributed by atoms with Gasteiger partial charge in [0.25, 0.3) is 0 Å². The molecule has 7 heteroatoms. The minimum atomic E-state index is -4.70. The van der Waals surface area contributed by atoms with E-state index in [2.05, 4.69) is 26.0 Å². The average molecular weight is 364 g/mol. The van der Waals surface area contributed by atoms with Crippen LogP contribution in [0.5, 0.6) is 5.75 Å². The van der Waals surface area contributed by atoms with Gasteiger partial charge < -0.3 is 10.1 Å². The number of benzene rings is 2. The average Bonchev–Trinajstić information content (AvgIpc) is 2.38. The molecule has 0 atom stereocenters. The molecule has 112 valence electrons. The van der Waals surface area contributed by atoms with E-state index in [4.69, 9.17) is 0 Å². The zero-order valence-corrected chi connectivity index (χ0v) is 12.1. The van der Waals surface area contributed by atoms with Gasteiger partial charge in [0.15, 0.2) is 0 Å². The monoisotopic (exact) mass is 363 g/mol. The van der Waals surface area contributed by atoms with Gasteiger partial charge in [-0.3, -0.25) is 0 Å². The molecular weight excluding hydrogens is 354 g/mol. The second-order valence-corrected chi connectivity index (χ2v) is 5.02. The number of alkyl halides is 3. The fraction of sp³-hybridized carbons (Fsp3) is 0.143. The summed E-state index contributed by atoms with van der Waals surface area (Å²) in [4.78, 5) is 0. The summed E-state index contributed by atoms with van der Waals surface area (Å²) in [5, 5.41) is 3.02. The zero-order valence-electron chi connectivity index (χ0n) is 10.5. The molecule has 0 spiro atoms. The molecule has 0 unspecified atom stereocenters. The van der Waals surface area contributed by atoms with Crippen LogP contribution in [-0.4, -0.2) is 6.36 Å². The Labute approximate surface area is 126 Å². The predicted molar refractivity (Wildman–Crippen MR) is 74.6 cm³/mol. The quantitative estimate of drug-likeness (QED) is 0.763. The summed E-state index contributed by atoms with van der Waals surface area (Å²) in [6.45, 7) is 0.403. The van der Waals surface area contributed by atoms with Gasteiger partial charge in [-0.1, -0.05) is 22.0 Å². The highest BCUT2D eigenvalue weighted by molar-refractivity contribution is 9.10. The molecule has 0 bridgehead atoms. The third-order valence-corrected chi connectivity index (χ3v) is 3.32. The summed E-state index contributed by atoms with van der Waals surface area (Å²) in [6.07, 6.45) is -4.70. The molecule has 0 aliphatic rings. The Bertz CT molecular complexity index is 613. The van der Waals surface area contributed by atoms with Crippen molar-refractivity contribution in [2.75, 3.05) is 5.32 Å². The van der Waals surface area contributed by atoms with Gasteiger partial charge in [-0.05, 0) is 42.0 Å². The topological polar surface area (TPSA) is 21.3 Å². The number of ether oxygens (including phenoxy) is 1. The first-order chi connectivity index (χ1) is 9.83. The van der Waals surface area contributed by atoms with E-state index in [1.165, 1.54) is 36.4 Å². The van der Waals surface area contributed by atoms with Crippen molar-refractivity contribution in [1.82, 2.24) is 0 Å². The van der Waals surface area contributed by atoms with Crippen molar-refractivity contribution in [3.8, 4) is 5.75 Å². The Morgan fingerprint density at radius 2 is 1.71 bits per heavy atom. The van der Waals surface area contributed by atoms with Crippen LogP contribution in [0.4, 0.5) is 23.2 Å². The minimum Gasteiger partial charge on any atom is -0.406 e. The number of hydrogen-bond donors (Lipinski definition) is 1. The number of rotatable bonds is 4. The van der Waals surface area contributed by atoms with Crippen molar-refractivity contribution >= 4 is 21.6 Å². The first-order valence-corrected chi connectivity index (χ1v) is 6.66. The molecule has 2 aromatic carbocycles. The Balaban J connectivity index is 1.97. The van der Waals surface area contributed by atoms with Gasteiger partial charge in [-0.15, -0.1) is 13.2 Å². The Kier molecular flexibility index (Phi) is 4.72. The lowest BCUT2D eigenvalue weighted by molar-refractivity contribution is -0.274. The van der Waals surface area contributed by atoms with Crippen LogP contribution < -0.4 is 10.1 Å². The second-order valence-electron chi connectivity index (χ2n) is 4.16. The number of hydrogen-bond acceptors (Lipinski definition) is 2. The van der Waals surface area contributed by atoms with Crippen LogP contribution in [-0.2, 0) is 6.54 Å². The molecule has 0 radical (unpaired) electrons. The lowest BCUT2D eigenvalue weighted by atomic mass is 10.2. The van der Waals surface area contributed by atoms with E-state index in [1.807, 2.05) is 0 Å². The van der Waals surface area contributed by atoms with E-state index in [-0.39, 0.29) is 11.6 Å². The highest BCUT2D eigenvalue weighted by atomic mass is 79.9. The van der Waals surface area contributed by atoms with Crippen molar-refractivity contribution in [2.24, 2.45) is 0 Å². The highest BCUT2D eigenvalue weighted by Gasteiger charge is 2.30. The Morgan fingerprint density at radius 3 is 2.29 bits per heavy atom. The van der Waals surface area contributed by atoms with Gasteiger partial charge in [-0.25, -0.2) is 4.39 Å². The van der Waals surface area contributed by atoms with E-state index in [0.29, 0.717) is 16.7 Å². The lowest BCUT2D eigenvalue weighted by Crippen LogP contribution is -2.17. The van der Waals surface area contributed by atoms with Crippen molar-refractivity contribution in [3.63, 3.8) is 0 Å². The van der Waals surface area contributed by atoms with E-state index < -0.39 is 6.36 Å². The fourth-order valence-electron chi connectivity index (χ4n) is 1.64. The van der Waals surface area contributed by atoms with Crippen LogP contribution in [0.1, 0.15) is 5.56 Å². The molecule has 0 amide bonds. The van der Waals surface area contributed by atoms with Gasteiger partial charge in [0.2, 0.25) is 0 Å². The minimum absolute atomic E-state index is 0.281. The third kappa shape index (κ3) is 4.93. The van der Waals surface area contributed by atoms with Gasteiger partial charge in [0.05, 0.1) is 0 Å². The molecule has 0 saturated heterocycles. The number of halogens is 5. The molecule has 0 fully saturated rings. The SMILES string of the molecule is Fc1ccc(CNc2ccc(OC(F)(F)F)cc2)c(Br)c1. The first-order valence-electron chi connectivity index (χ1n) is 5.87. The second kappa shape index (κ2) is 6.34. The van der Waals surface area contributed by atoms with Crippen LogP contribution in [0.2, 0.25) is 0 Å². The highest BCUT2D eigenvalue weighted by Crippen LogP contribution is 2.24. The maximum absolute atomic E-state index is 12.9. The van der Waals surface area contributed by atoms with Crippen molar-refractivity contribution in [3.05, 3.63) is 58.3 Å². The lowest BCUT2D eigenvalue weighted by Gasteiger charge is -2.11. The number of nitrogens with one attached hydrogen (secondary N) is 1.